The number of aromatic nitrogens is 1. The van der Waals surface area contributed by atoms with E-state index in [2.05, 4.69) is 23.2 Å². The number of pyridine rings is 1. The zero-order chi connectivity index (χ0) is 11.7. The Morgan fingerprint density at radius 2 is 2.00 bits per heavy atom. The minimum absolute atomic E-state index is 0.740. The van der Waals surface area contributed by atoms with E-state index in [0.717, 1.165) is 41.9 Å². The molecule has 84 valence electrons. The number of hydrogen-bond donors (Lipinski definition) is 0. The fraction of sp³-hybridized carbons (Fsp3) is 0.143. The van der Waals surface area contributed by atoms with Crippen molar-refractivity contribution in [2.45, 2.75) is 6.42 Å². The molecular weight excluding hydrogens is 212 g/mol. The molecule has 3 heteroatoms. The van der Waals surface area contributed by atoms with Gasteiger partial charge in [-0.2, -0.15) is 0 Å². The molecule has 0 aliphatic carbocycles. The van der Waals surface area contributed by atoms with Crippen LogP contribution in [0.3, 0.4) is 0 Å². The van der Waals surface area contributed by atoms with Crippen molar-refractivity contribution < 1.29 is 4.79 Å². The maximum absolute atomic E-state index is 10.8. The quantitative estimate of drug-likeness (QED) is 0.733. The molecule has 0 radical (unpaired) electrons. The Bertz CT molecular complexity index is 551. The van der Waals surface area contributed by atoms with E-state index in [1.54, 1.807) is 4.90 Å². The number of nitrogens with zero attached hydrogens (tertiary/aromatic N) is 2. The van der Waals surface area contributed by atoms with Crippen LogP contribution in [0.15, 0.2) is 42.6 Å². The van der Waals surface area contributed by atoms with E-state index in [4.69, 9.17) is 0 Å². The summed E-state index contributed by atoms with van der Waals surface area (Å²) in [6.45, 7) is 0.740. The third-order valence-electron chi connectivity index (χ3n) is 3.07. The maximum Gasteiger partial charge on any atom is 0.215 e. The van der Waals surface area contributed by atoms with Gasteiger partial charge in [-0.05, 0) is 23.6 Å². The molecule has 0 N–H and O–H groups in total. The first kappa shape index (κ1) is 10.0. The van der Waals surface area contributed by atoms with Crippen molar-refractivity contribution in [3.63, 3.8) is 0 Å². The number of carbonyl (C=O) groups is 1. The van der Waals surface area contributed by atoms with Crippen LogP contribution in [0.2, 0.25) is 0 Å². The second-order valence-corrected chi connectivity index (χ2v) is 4.12. The Morgan fingerprint density at radius 3 is 2.76 bits per heavy atom. The Hall–Kier alpha value is -2.16. The summed E-state index contributed by atoms with van der Waals surface area (Å²) in [6, 6.07) is 12.3. The minimum atomic E-state index is 0.740. The van der Waals surface area contributed by atoms with Crippen LogP contribution >= 0.6 is 0 Å². The zero-order valence-electron chi connectivity index (χ0n) is 9.34. The van der Waals surface area contributed by atoms with Gasteiger partial charge in [0.15, 0.2) is 0 Å². The maximum atomic E-state index is 10.8. The van der Waals surface area contributed by atoms with E-state index < -0.39 is 0 Å². The third kappa shape index (κ3) is 1.69. The molecular formula is C14H12N2O. The topological polar surface area (TPSA) is 33.2 Å². The van der Waals surface area contributed by atoms with Crippen LogP contribution in [0.25, 0.3) is 11.1 Å². The van der Waals surface area contributed by atoms with E-state index in [1.807, 2.05) is 24.4 Å². The molecule has 0 fully saturated rings. The Balaban J connectivity index is 2.03. The molecule has 0 atom stereocenters. The Kier molecular flexibility index (Phi) is 2.37. The van der Waals surface area contributed by atoms with Crippen molar-refractivity contribution in [1.82, 2.24) is 4.98 Å². The van der Waals surface area contributed by atoms with Gasteiger partial charge in [-0.1, -0.05) is 30.3 Å². The predicted molar refractivity (Wildman–Crippen MR) is 66.8 cm³/mol. The van der Waals surface area contributed by atoms with Gasteiger partial charge in [0.2, 0.25) is 6.41 Å². The highest BCUT2D eigenvalue weighted by Gasteiger charge is 2.20. The molecule has 1 aromatic heterocycles. The molecule has 2 heterocycles. The molecule has 1 amide bonds. The summed E-state index contributed by atoms with van der Waals surface area (Å²) in [7, 11) is 0. The molecule has 2 aromatic rings. The van der Waals surface area contributed by atoms with Crippen LogP contribution in [0, 0.1) is 0 Å². The van der Waals surface area contributed by atoms with Crippen molar-refractivity contribution >= 4 is 12.2 Å². The van der Waals surface area contributed by atoms with E-state index >= 15 is 0 Å². The summed E-state index contributed by atoms with van der Waals surface area (Å²) in [6.07, 6.45) is 3.57. The van der Waals surface area contributed by atoms with Crippen LogP contribution in [0.1, 0.15) is 5.56 Å². The molecule has 1 aliphatic rings. The molecule has 3 rings (SSSR count). The molecule has 0 saturated carbocycles. The molecule has 0 saturated heterocycles. The summed E-state index contributed by atoms with van der Waals surface area (Å²) in [5.41, 5.74) is 3.42. The van der Waals surface area contributed by atoms with Crippen molar-refractivity contribution in [2.24, 2.45) is 0 Å². The van der Waals surface area contributed by atoms with Crippen LogP contribution in [-0.2, 0) is 11.2 Å². The summed E-state index contributed by atoms with van der Waals surface area (Å²) in [4.78, 5) is 16.9. The molecule has 0 unspecified atom stereocenters. The second kappa shape index (κ2) is 4.01. The normalized spacial score (nSPS) is 13.5. The largest absolute Gasteiger partial charge is 0.299 e. The first-order valence-electron chi connectivity index (χ1n) is 5.65. The smallest absolute Gasteiger partial charge is 0.215 e. The fourth-order valence-electron chi connectivity index (χ4n) is 2.18. The Morgan fingerprint density at radius 1 is 1.18 bits per heavy atom. The number of benzene rings is 1. The van der Waals surface area contributed by atoms with Gasteiger partial charge in [0, 0.05) is 18.3 Å². The summed E-state index contributed by atoms with van der Waals surface area (Å²) < 4.78 is 0. The number of amides is 1. The summed E-state index contributed by atoms with van der Waals surface area (Å²) >= 11 is 0. The lowest BCUT2D eigenvalue weighted by Gasteiger charge is -2.09. The highest BCUT2D eigenvalue weighted by atomic mass is 16.1. The predicted octanol–water partition coefficient (Wildman–Crippen LogP) is 2.27. The fourth-order valence-corrected chi connectivity index (χ4v) is 2.18. The molecule has 1 aliphatic heterocycles. The number of fused-ring (bicyclic) bond motifs is 1. The highest BCUT2D eigenvalue weighted by Crippen LogP contribution is 2.28. The average molecular weight is 224 g/mol. The summed E-state index contributed by atoms with van der Waals surface area (Å²) in [5, 5.41) is 0. The van der Waals surface area contributed by atoms with Crippen molar-refractivity contribution in [3.05, 3.63) is 48.2 Å². The first-order valence-corrected chi connectivity index (χ1v) is 5.65. The van der Waals surface area contributed by atoms with Gasteiger partial charge in [-0.3, -0.25) is 9.69 Å². The standard InChI is InChI=1S/C14H12N2O/c17-10-16-7-6-12-8-13(9-15-14(12)16)11-4-2-1-3-5-11/h1-5,8-10H,6-7H2. The van der Waals surface area contributed by atoms with Gasteiger partial charge >= 0.3 is 0 Å². The van der Waals surface area contributed by atoms with Crippen LogP contribution in [0.4, 0.5) is 5.82 Å². The van der Waals surface area contributed by atoms with Crippen LogP contribution in [0.5, 0.6) is 0 Å². The Labute approximate surface area is 99.7 Å². The van der Waals surface area contributed by atoms with E-state index in [1.165, 1.54) is 0 Å². The van der Waals surface area contributed by atoms with Crippen LogP contribution in [-0.4, -0.2) is 17.9 Å². The van der Waals surface area contributed by atoms with E-state index in [9.17, 15) is 4.79 Å². The lowest BCUT2D eigenvalue weighted by molar-refractivity contribution is -0.107. The molecule has 17 heavy (non-hydrogen) atoms. The molecule has 0 spiro atoms. The number of rotatable bonds is 2. The SMILES string of the molecule is O=CN1CCc2cc(-c3ccccc3)cnc21. The van der Waals surface area contributed by atoms with Gasteiger partial charge in [0.25, 0.3) is 0 Å². The molecule has 0 bridgehead atoms. The van der Waals surface area contributed by atoms with Crippen LogP contribution < -0.4 is 4.90 Å². The third-order valence-corrected chi connectivity index (χ3v) is 3.07. The van der Waals surface area contributed by atoms with Gasteiger partial charge in [-0.15, -0.1) is 0 Å². The number of anilines is 1. The van der Waals surface area contributed by atoms with Gasteiger partial charge in [0.05, 0.1) is 0 Å². The lowest BCUT2D eigenvalue weighted by Crippen LogP contribution is -2.18. The number of hydrogen-bond acceptors (Lipinski definition) is 2. The lowest BCUT2D eigenvalue weighted by atomic mass is 10.1. The zero-order valence-corrected chi connectivity index (χ0v) is 9.34. The van der Waals surface area contributed by atoms with Gasteiger partial charge < -0.3 is 0 Å². The number of carbonyl (C=O) groups excluding carboxylic acids is 1. The van der Waals surface area contributed by atoms with E-state index in [-0.39, 0.29) is 0 Å². The van der Waals surface area contributed by atoms with Crippen molar-refractivity contribution in [3.8, 4) is 11.1 Å². The average Bonchev–Trinajstić information content (AvgIpc) is 2.81. The monoisotopic (exact) mass is 224 g/mol. The van der Waals surface area contributed by atoms with E-state index in [0.29, 0.717) is 0 Å². The second-order valence-electron chi connectivity index (χ2n) is 4.12. The first-order chi connectivity index (χ1) is 8.38. The minimum Gasteiger partial charge on any atom is -0.299 e. The highest BCUT2D eigenvalue weighted by molar-refractivity contribution is 5.78. The molecule has 1 aromatic carbocycles. The van der Waals surface area contributed by atoms with Gasteiger partial charge in [0.1, 0.15) is 5.82 Å². The van der Waals surface area contributed by atoms with Crippen molar-refractivity contribution in [2.75, 3.05) is 11.4 Å². The van der Waals surface area contributed by atoms with Crippen molar-refractivity contribution in [1.29, 1.82) is 0 Å². The van der Waals surface area contributed by atoms with Gasteiger partial charge in [-0.25, -0.2) is 4.98 Å². The molecule has 3 nitrogen and oxygen atoms in total. The summed E-state index contributed by atoms with van der Waals surface area (Å²) in [5.74, 6) is 0.805.